The van der Waals surface area contributed by atoms with Crippen LogP contribution in [0.4, 0.5) is 13.2 Å². The molecular formula is C11H11F3O2S. The molecule has 0 aliphatic rings. The van der Waals surface area contributed by atoms with E-state index >= 15 is 0 Å². The van der Waals surface area contributed by atoms with Gasteiger partial charge in [0.1, 0.15) is 5.25 Å². The first-order valence-electron chi connectivity index (χ1n) is 4.90. The van der Waals surface area contributed by atoms with Gasteiger partial charge in [-0.05, 0) is 24.2 Å². The quantitative estimate of drug-likeness (QED) is 0.778. The maximum Gasteiger partial charge on any atom is 0.442 e. The van der Waals surface area contributed by atoms with Gasteiger partial charge in [-0.25, -0.2) is 0 Å². The van der Waals surface area contributed by atoms with Crippen molar-refractivity contribution in [3.8, 4) is 0 Å². The summed E-state index contributed by atoms with van der Waals surface area (Å²) in [5.41, 5.74) is -4.19. The second-order valence-corrected chi connectivity index (χ2v) is 4.28. The zero-order chi connectivity index (χ0) is 12.9. The Morgan fingerprint density at radius 1 is 1.35 bits per heavy atom. The maximum atomic E-state index is 12.3. The molecule has 0 unspecified atom stereocenters. The average Bonchev–Trinajstić information content (AvgIpc) is 2.26. The van der Waals surface area contributed by atoms with Crippen molar-refractivity contribution in [3.63, 3.8) is 0 Å². The molecular weight excluding hydrogens is 253 g/mol. The van der Waals surface area contributed by atoms with E-state index in [2.05, 4.69) is 4.74 Å². The number of carbonyl (C=O) groups excluding carboxylic acids is 1. The molecule has 1 rings (SSSR count). The Kier molecular flexibility index (Phi) is 4.86. The lowest BCUT2D eigenvalue weighted by atomic mass is 10.1. The molecule has 0 saturated heterocycles. The molecule has 0 aliphatic heterocycles. The van der Waals surface area contributed by atoms with Crippen LogP contribution in [0.25, 0.3) is 0 Å². The Balaban J connectivity index is 2.91. The molecule has 94 valence electrons. The Morgan fingerprint density at radius 3 is 2.41 bits per heavy atom. The van der Waals surface area contributed by atoms with Crippen LogP contribution < -0.4 is 0 Å². The van der Waals surface area contributed by atoms with Crippen LogP contribution in [-0.4, -0.2) is 18.1 Å². The SMILES string of the molecule is CCOC(=O)[C@H](SC(F)(F)F)c1ccccc1. The van der Waals surface area contributed by atoms with Gasteiger partial charge >= 0.3 is 11.5 Å². The van der Waals surface area contributed by atoms with Crippen molar-refractivity contribution in [2.75, 3.05) is 6.61 Å². The third-order valence-corrected chi connectivity index (χ3v) is 2.82. The monoisotopic (exact) mass is 264 g/mol. The number of carbonyl (C=O) groups is 1. The molecule has 0 bridgehead atoms. The summed E-state index contributed by atoms with van der Waals surface area (Å²) in [6, 6.07) is 7.78. The molecule has 0 spiro atoms. The molecule has 1 aromatic rings. The number of rotatable bonds is 4. The van der Waals surface area contributed by atoms with Gasteiger partial charge in [-0.15, -0.1) is 0 Å². The maximum absolute atomic E-state index is 12.3. The molecule has 1 atom stereocenters. The van der Waals surface area contributed by atoms with E-state index in [9.17, 15) is 18.0 Å². The minimum absolute atomic E-state index is 0.0561. The highest BCUT2D eigenvalue weighted by atomic mass is 32.2. The first kappa shape index (κ1) is 13.9. The third kappa shape index (κ3) is 4.68. The standard InChI is InChI=1S/C11H11F3O2S/c1-2-16-10(15)9(17-11(12,13)14)8-6-4-3-5-7-8/h3-7,9H,2H2,1H3/t9-/m1/s1. The van der Waals surface area contributed by atoms with Gasteiger partial charge in [0.2, 0.25) is 0 Å². The molecule has 0 aromatic heterocycles. The van der Waals surface area contributed by atoms with Crippen molar-refractivity contribution in [2.45, 2.75) is 17.7 Å². The fourth-order valence-corrected chi connectivity index (χ4v) is 1.96. The van der Waals surface area contributed by atoms with Crippen LogP contribution >= 0.6 is 11.8 Å². The largest absolute Gasteiger partial charge is 0.465 e. The first-order valence-corrected chi connectivity index (χ1v) is 5.78. The summed E-state index contributed by atoms with van der Waals surface area (Å²) < 4.78 is 41.7. The Labute approximate surface area is 101 Å². The molecule has 1 aromatic carbocycles. The molecule has 0 radical (unpaired) electrons. The van der Waals surface area contributed by atoms with Crippen LogP contribution in [0.2, 0.25) is 0 Å². The van der Waals surface area contributed by atoms with E-state index in [1.165, 1.54) is 12.1 Å². The number of hydrogen-bond donors (Lipinski definition) is 0. The molecule has 0 aliphatic carbocycles. The van der Waals surface area contributed by atoms with E-state index in [1.54, 1.807) is 25.1 Å². The van der Waals surface area contributed by atoms with Crippen molar-refractivity contribution in [1.29, 1.82) is 0 Å². The molecule has 17 heavy (non-hydrogen) atoms. The number of benzene rings is 1. The van der Waals surface area contributed by atoms with Crippen molar-refractivity contribution < 1.29 is 22.7 Å². The van der Waals surface area contributed by atoms with Gasteiger partial charge < -0.3 is 4.74 Å². The number of esters is 1. The zero-order valence-electron chi connectivity index (χ0n) is 9.03. The third-order valence-electron chi connectivity index (χ3n) is 1.85. The van der Waals surface area contributed by atoms with Gasteiger partial charge in [0.25, 0.3) is 0 Å². The highest BCUT2D eigenvalue weighted by Crippen LogP contribution is 2.42. The van der Waals surface area contributed by atoms with Crippen molar-refractivity contribution in [2.24, 2.45) is 0 Å². The topological polar surface area (TPSA) is 26.3 Å². The summed E-state index contributed by atoms with van der Waals surface area (Å²) in [6.07, 6.45) is 0. The number of alkyl halides is 3. The van der Waals surface area contributed by atoms with Crippen molar-refractivity contribution in [3.05, 3.63) is 35.9 Å². The predicted octanol–water partition coefficient (Wildman–Crippen LogP) is 3.54. The summed E-state index contributed by atoms with van der Waals surface area (Å²) in [5, 5.41) is -1.36. The summed E-state index contributed by atoms with van der Waals surface area (Å²) >= 11 is -0.372. The molecule has 0 amide bonds. The van der Waals surface area contributed by atoms with E-state index in [0.717, 1.165) is 0 Å². The lowest BCUT2D eigenvalue weighted by Crippen LogP contribution is -2.17. The highest BCUT2D eigenvalue weighted by Gasteiger charge is 2.38. The lowest BCUT2D eigenvalue weighted by Gasteiger charge is -2.16. The van der Waals surface area contributed by atoms with E-state index in [-0.39, 0.29) is 23.9 Å². The highest BCUT2D eigenvalue weighted by molar-refractivity contribution is 8.01. The van der Waals surface area contributed by atoms with Gasteiger partial charge in [0, 0.05) is 0 Å². The molecule has 6 heteroatoms. The molecule has 2 nitrogen and oxygen atoms in total. The fourth-order valence-electron chi connectivity index (χ4n) is 1.23. The van der Waals surface area contributed by atoms with Crippen molar-refractivity contribution >= 4 is 17.7 Å². The normalized spacial score (nSPS) is 13.2. The predicted molar refractivity (Wildman–Crippen MR) is 59.5 cm³/mol. The smallest absolute Gasteiger partial charge is 0.442 e. The molecule has 0 heterocycles. The van der Waals surface area contributed by atoms with Crippen LogP contribution in [0, 0.1) is 0 Å². The number of hydrogen-bond acceptors (Lipinski definition) is 3. The van der Waals surface area contributed by atoms with E-state index in [0.29, 0.717) is 0 Å². The number of ether oxygens (including phenoxy) is 1. The molecule has 0 fully saturated rings. The van der Waals surface area contributed by atoms with Gasteiger partial charge in [-0.3, -0.25) is 4.79 Å². The Hall–Kier alpha value is -1.17. The summed E-state index contributed by atoms with van der Waals surface area (Å²) in [4.78, 5) is 11.5. The van der Waals surface area contributed by atoms with Crippen LogP contribution in [0.1, 0.15) is 17.7 Å². The average molecular weight is 264 g/mol. The second kappa shape index (κ2) is 5.95. The summed E-state index contributed by atoms with van der Waals surface area (Å²) in [7, 11) is 0. The fraction of sp³-hybridized carbons (Fsp3) is 0.364. The van der Waals surface area contributed by atoms with Crippen LogP contribution in [0.15, 0.2) is 30.3 Å². The van der Waals surface area contributed by atoms with Crippen LogP contribution in [0.3, 0.4) is 0 Å². The lowest BCUT2D eigenvalue weighted by molar-refractivity contribution is -0.142. The molecule has 0 saturated carbocycles. The first-order chi connectivity index (χ1) is 7.94. The summed E-state index contributed by atoms with van der Waals surface area (Å²) in [6.45, 7) is 1.61. The summed E-state index contributed by atoms with van der Waals surface area (Å²) in [5.74, 6) is -0.874. The van der Waals surface area contributed by atoms with E-state index < -0.39 is 16.7 Å². The minimum Gasteiger partial charge on any atom is -0.465 e. The zero-order valence-corrected chi connectivity index (χ0v) is 9.85. The van der Waals surface area contributed by atoms with Gasteiger partial charge in [-0.1, -0.05) is 30.3 Å². The van der Waals surface area contributed by atoms with Gasteiger partial charge in [-0.2, -0.15) is 13.2 Å². The minimum atomic E-state index is -4.48. The van der Waals surface area contributed by atoms with Crippen LogP contribution in [-0.2, 0) is 9.53 Å². The number of thioether (sulfide) groups is 1. The van der Waals surface area contributed by atoms with E-state index in [4.69, 9.17) is 0 Å². The number of halogens is 3. The van der Waals surface area contributed by atoms with Crippen molar-refractivity contribution in [1.82, 2.24) is 0 Å². The molecule has 0 N–H and O–H groups in total. The van der Waals surface area contributed by atoms with Gasteiger partial charge in [0.15, 0.2) is 0 Å². The second-order valence-electron chi connectivity index (χ2n) is 3.11. The Morgan fingerprint density at radius 2 is 1.94 bits per heavy atom. The van der Waals surface area contributed by atoms with Crippen LogP contribution in [0.5, 0.6) is 0 Å². The Bertz CT molecular complexity index is 365. The van der Waals surface area contributed by atoms with Gasteiger partial charge in [0.05, 0.1) is 6.61 Å². The van der Waals surface area contributed by atoms with E-state index in [1.807, 2.05) is 0 Å².